The molecule has 6 heteroatoms. The third-order valence-electron chi connectivity index (χ3n) is 6.76. The van der Waals surface area contributed by atoms with Crippen molar-refractivity contribution in [1.82, 2.24) is 5.32 Å². The summed E-state index contributed by atoms with van der Waals surface area (Å²) in [6, 6.07) is 5.15. The van der Waals surface area contributed by atoms with Crippen LogP contribution in [-0.4, -0.2) is 30.4 Å². The van der Waals surface area contributed by atoms with Crippen molar-refractivity contribution in [3.63, 3.8) is 0 Å². The highest BCUT2D eigenvalue weighted by molar-refractivity contribution is 6.32. The number of ether oxygens (including phenoxy) is 1. The first kappa shape index (κ1) is 34.9. The van der Waals surface area contributed by atoms with Crippen molar-refractivity contribution in [3.05, 3.63) is 93.9 Å². The number of aldehydes is 1. The number of allylic oxidation sites excluding steroid dienone is 8. The molecule has 3 rings (SSSR count). The summed E-state index contributed by atoms with van der Waals surface area (Å²) in [7, 11) is 0. The molecule has 1 aromatic rings. The first-order valence-electron chi connectivity index (χ1n) is 13.9. The Kier molecular flexibility index (Phi) is 16.6. The molecule has 0 aliphatic carbocycles. The van der Waals surface area contributed by atoms with Crippen LogP contribution in [0.4, 0.5) is 0 Å². The van der Waals surface area contributed by atoms with E-state index in [1.807, 2.05) is 51.3 Å². The van der Waals surface area contributed by atoms with Gasteiger partial charge < -0.3 is 20.0 Å². The van der Waals surface area contributed by atoms with E-state index in [1.54, 1.807) is 18.2 Å². The zero-order valence-corrected chi connectivity index (χ0v) is 26.1. The van der Waals surface area contributed by atoms with Crippen molar-refractivity contribution in [2.24, 2.45) is 10.9 Å². The van der Waals surface area contributed by atoms with Crippen LogP contribution < -0.4 is 5.32 Å². The van der Waals surface area contributed by atoms with Crippen molar-refractivity contribution in [2.75, 3.05) is 13.2 Å². The molecule has 40 heavy (non-hydrogen) atoms. The van der Waals surface area contributed by atoms with Gasteiger partial charge in [0.25, 0.3) is 0 Å². The Balaban J connectivity index is 0.000000606. The van der Waals surface area contributed by atoms with Crippen molar-refractivity contribution < 1.29 is 14.6 Å². The predicted molar refractivity (Wildman–Crippen MR) is 172 cm³/mol. The highest BCUT2D eigenvalue weighted by Gasteiger charge is 2.13. The highest BCUT2D eigenvalue weighted by atomic mass is 35.5. The first-order valence-corrected chi connectivity index (χ1v) is 14.3. The van der Waals surface area contributed by atoms with Crippen LogP contribution in [0.15, 0.2) is 88.3 Å². The van der Waals surface area contributed by atoms with Gasteiger partial charge in [-0.3, -0.25) is 0 Å². The largest absolute Gasteiger partial charge is 0.507 e. The number of aliphatic imine (C=N–C) groups is 1. The van der Waals surface area contributed by atoms with E-state index in [0.29, 0.717) is 17.0 Å². The van der Waals surface area contributed by atoms with E-state index in [1.165, 1.54) is 37.3 Å². The zero-order valence-electron chi connectivity index (χ0n) is 25.3. The molecule has 0 saturated carbocycles. The monoisotopic (exact) mass is 566 g/mol. The predicted octanol–water partition coefficient (Wildman–Crippen LogP) is 9.13. The van der Waals surface area contributed by atoms with E-state index in [2.05, 4.69) is 37.7 Å². The molecule has 0 bridgehead atoms. The Morgan fingerprint density at radius 1 is 1.25 bits per heavy atom. The van der Waals surface area contributed by atoms with E-state index in [-0.39, 0.29) is 5.75 Å². The summed E-state index contributed by atoms with van der Waals surface area (Å²) in [4.78, 5) is 13.4. The van der Waals surface area contributed by atoms with E-state index >= 15 is 0 Å². The molecular weight excluding hydrogens is 520 g/mol. The van der Waals surface area contributed by atoms with Gasteiger partial charge in [0.05, 0.1) is 5.02 Å². The Morgan fingerprint density at radius 3 is 2.50 bits per heavy atom. The number of benzene rings is 1. The average molecular weight is 567 g/mol. The van der Waals surface area contributed by atoms with Crippen molar-refractivity contribution >= 4 is 29.3 Å². The molecule has 1 saturated heterocycles. The second kappa shape index (κ2) is 19.0. The van der Waals surface area contributed by atoms with Crippen molar-refractivity contribution in [3.8, 4) is 5.75 Å². The molecule has 0 aromatic heterocycles. The lowest BCUT2D eigenvalue weighted by Crippen LogP contribution is -2.21. The van der Waals surface area contributed by atoms with Gasteiger partial charge in [0.1, 0.15) is 17.9 Å². The minimum atomic E-state index is 0.171. The average Bonchev–Trinajstić information content (AvgIpc) is 3.06. The minimum absolute atomic E-state index is 0.171. The summed E-state index contributed by atoms with van der Waals surface area (Å²) < 4.78 is 5.27. The van der Waals surface area contributed by atoms with Crippen LogP contribution in [0.2, 0.25) is 5.02 Å². The number of hydrogen-bond acceptors (Lipinski definition) is 5. The summed E-state index contributed by atoms with van der Waals surface area (Å²) >= 11 is 6.29. The molecule has 1 fully saturated rings. The lowest BCUT2D eigenvalue weighted by molar-refractivity contribution is -0.106. The maximum absolute atomic E-state index is 10.2. The number of nitrogens with one attached hydrogen (secondary N) is 1. The Morgan fingerprint density at radius 2 is 1.95 bits per heavy atom. The van der Waals surface area contributed by atoms with Crippen LogP contribution in [-0.2, 0) is 9.53 Å². The number of rotatable bonds is 6. The number of carbonyl (C=O) groups is 1. The van der Waals surface area contributed by atoms with Crippen LogP contribution in [0.3, 0.4) is 0 Å². The lowest BCUT2D eigenvalue weighted by Gasteiger charge is -2.19. The Hall–Kier alpha value is -3.15. The topological polar surface area (TPSA) is 70.9 Å². The number of halogens is 1. The van der Waals surface area contributed by atoms with Crippen molar-refractivity contribution in [2.45, 2.75) is 74.1 Å². The SMILES string of the molecule is C=C(/C=C\C(C)=C/C)NC1=NC=C(/C=C(\C)c2c(O)cccc2Cl)C(C)=C(C)C1.CC=O.CCC1CCCOC1. The quantitative estimate of drug-likeness (QED) is 0.266. The molecule has 0 radical (unpaired) electrons. The molecule has 0 amide bonds. The maximum atomic E-state index is 10.2. The summed E-state index contributed by atoms with van der Waals surface area (Å²) in [5, 5.41) is 14.0. The minimum Gasteiger partial charge on any atom is -0.507 e. The number of carbonyl (C=O) groups excluding carboxylic acids is 1. The number of phenols is 1. The molecule has 2 N–H and O–H groups in total. The standard InChI is InChI=1S/C25H29ClN2O.C7H14O.C2H4O/c1-7-16(2)11-12-19(5)28-24-14-17(3)20(6)21(15-27-24)13-18(4)25-22(26)9-8-10-23(25)29;1-2-7-4-3-5-8-6-7;1-2-3/h7-13,15,29H,5,14H2,1-4,6H3,(H,27,28);7H,2-6H2,1H3;2H,1H3/b12-11-,16-7-,18-13+;;. The van der Waals surface area contributed by atoms with Crippen LogP contribution >= 0.6 is 11.6 Å². The second-order valence-corrected chi connectivity index (χ2v) is 10.4. The molecule has 0 spiro atoms. The van der Waals surface area contributed by atoms with Crippen LogP contribution in [0.5, 0.6) is 5.75 Å². The number of amidine groups is 1. The molecule has 218 valence electrons. The Labute approximate surface area is 246 Å². The third-order valence-corrected chi connectivity index (χ3v) is 7.08. The van der Waals surface area contributed by atoms with Crippen LogP contribution in [0.1, 0.15) is 79.7 Å². The molecule has 2 aliphatic heterocycles. The molecule has 1 atom stereocenters. The van der Waals surface area contributed by atoms with E-state index in [4.69, 9.17) is 21.1 Å². The summed E-state index contributed by atoms with van der Waals surface area (Å²) in [6.45, 7) is 19.9. The van der Waals surface area contributed by atoms with Gasteiger partial charge in [-0.2, -0.15) is 0 Å². The highest BCUT2D eigenvalue weighted by Crippen LogP contribution is 2.34. The number of nitrogens with zero attached hydrogens (tertiary/aromatic N) is 1. The molecule has 1 aromatic carbocycles. The van der Waals surface area contributed by atoms with Gasteiger partial charge in [-0.25, -0.2) is 4.99 Å². The normalized spacial score (nSPS) is 17.9. The van der Waals surface area contributed by atoms with Gasteiger partial charge >= 0.3 is 0 Å². The number of phenolic OH excluding ortho intramolecular Hbond substituents is 1. The van der Waals surface area contributed by atoms with Crippen LogP contribution in [0, 0.1) is 5.92 Å². The van der Waals surface area contributed by atoms with E-state index in [9.17, 15) is 5.11 Å². The van der Waals surface area contributed by atoms with Gasteiger partial charge in [0.15, 0.2) is 0 Å². The second-order valence-electron chi connectivity index (χ2n) is 9.95. The third kappa shape index (κ3) is 12.4. The fourth-order valence-corrected chi connectivity index (χ4v) is 4.35. The van der Waals surface area contributed by atoms with Gasteiger partial charge in [0, 0.05) is 37.1 Å². The summed E-state index contributed by atoms with van der Waals surface area (Å²) in [6.07, 6.45) is 15.3. The molecular formula is C34H47ClN2O3. The van der Waals surface area contributed by atoms with Gasteiger partial charge in [-0.15, -0.1) is 0 Å². The summed E-state index contributed by atoms with van der Waals surface area (Å²) in [5.41, 5.74) is 6.85. The molecule has 2 aliphatic rings. The molecule has 2 heterocycles. The summed E-state index contributed by atoms with van der Waals surface area (Å²) in [5.74, 6) is 1.88. The fourth-order valence-electron chi connectivity index (χ4n) is 4.04. The van der Waals surface area contributed by atoms with E-state index < -0.39 is 0 Å². The first-order chi connectivity index (χ1) is 19.1. The Bertz CT molecular complexity index is 1160. The molecule has 5 nitrogen and oxygen atoms in total. The van der Waals surface area contributed by atoms with Gasteiger partial charge in [-0.1, -0.05) is 60.9 Å². The number of aromatic hydroxyl groups is 1. The smallest absolute Gasteiger partial charge is 0.124 e. The van der Waals surface area contributed by atoms with E-state index in [0.717, 1.165) is 53.7 Å². The van der Waals surface area contributed by atoms with Crippen LogP contribution in [0.25, 0.3) is 5.57 Å². The molecule has 1 unspecified atom stereocenters. The van der Waals surface area contributed by atoms with Gasteiger partial charge in [0.2, 0.25) is 0 Å². The van der Waals surface area contributed by atoms with Crippen molar-refractivity contribution in [1.29, 1.82) is 0 Å². The zero-order chi connectivity index (χ0) is 30.1. The maximum Gasteiger partial charge on any atom is 0.124 e. The lowest BCUT2D eigenvalue weighted by atomic mass is 9.97. The number of hydrogen-bond donors (Lipinski definition) is 2. The van der Waals surface area contributed by atoms with Gasteiger partial charge in [-0.05, 0) is 101 Å². The fraction of sp³-hybridized carbons (Fsp3) is 0.412.